The molecule has 0 aromatic heterocycles. The van der Waals surface area contributed by atoms with Crippen molar-refractivity contribution in [3.8, 4) is 5.75 Å². The topological polar surface area (TPSA) is 24.5 Å². The fourth-order valence-corrected chi connectivity index (χ4v) is 2.41. The van der Waals surface area contributed by atoms with Crippen LogP contribution in [-0.4, -0.2) is 33.8 Å². The summed E-state index contributed by atoms with van der Waals surface area (Å²) in [5.41, 5.74) is 1.26. The van der Waals surface area contributed by atoms with Gasteiger partial charge in [0.15, 0.2) is 0 Å². The smallest absolute Gasteiger partial charge is 0.119 e. The van der Waals surface area contributed by atoms with Gasteiger partial charge in [-0.3, -0.25) is 0 Å². The third-order valence-electron chi connectivity index (χ3n) is 3.44. The van der Waals surface area contributed by atoms with Crippen LogP contribution in [0.4, 0.5) is 5.69 Å². The molecule has 0 amide bonds. The van der Waals surface area contributed by atoms with Crippen LogP contribution in [0.5, 0.6) is 5.75 Å². The summed E-state index contributed by atoms with van der Waals surface area (Å²) in [6, 6.07) is 8.28. The molecule has 2 rings (SSSR count). The number of nitrogens with zero attached hydrogens (tertiary/aromatic N) is 1. The number of ether oxygens (including phenoxy) is 1. The molecule has 0 aliphatic carbocycles. The van der Waals surface area contributed by atoms with Gasteiger partial charge in [-0.25, -0.2) is 0 Å². The van der Waals surface area contributed by atoms with Crippen LogP contribution in [-0.2, 0) is 0 Å². The van der Waals surface area contributed by atoms with Gasteiger partial charge in [-0.05, 0) is 56.1 Å². The van der Waals surface area contributed by atoms with E-state index in [1.807, 2.05) is 12.1 Å². The van der Waals surface area contributed by atoms with Crippen LogP contribution < -0.4 is 15.0 Å². The Hall–Kier alpha value is -1.22. The Balaban J connectivity index is 1.91. The van der Waals surface area contributed by atoms with E-state index in [1.165, 1.54) is 25.1 Å². The number of hydrogen-bond acceptors (Lipinski definition) is 3. The number of rotatable bonds is 4. The second-order valence-electron chi connectivity index (χ2n) is 4.79. The monoisotopic (exact) mass is 234 g/mol. The van der Waals surface area contributed by atoms with Crippen molar-refractivity contribution in [2.75, 3.05) is 38.7 Å². The van der Waals surface area contributed by atoms with Crippen molar-refractivity contribution in [1.29, 1.82) is 0 Å². The van der Waals surface area contributed by atoms with Crippen LogP contribution in [0.2, 0.25) is 0 Å². The summed E-state index contributed by atoms with van der Waals surface area (Å²) in [6.07, 6.45) is 2.65. The molecule has 94 valence electrons. The first kappa shape index (κ1) is 12.2. The van der Waals surface area contributed by atoms with Crippen molar-refractivity contribution >= 4 is 5.69 Å². The molecule has 17 heavy (non-hydrogen) atoms. The summed E-state index contributed by atoms with van der Waals surface area (Å²) in [7, 11) is 3.86. The van der Waals surface area contributed by atoms with Crippen molar-refractivity contribution in [2.24, 2.45) is 5.92 Å². The van der Waals surface area contributed by atoms with Gasteiger partial charge in [-0.15, -0.1) is 0 Å². The molecule has 1 N–H and O–H groups in total. The zero-order chi connectivity index (χ0) is 12.1. The molecule has 0 saturated carbocycles. The zero-order valence-corrected chi connectivity index (χ0v) is 10.8. The first-order chi connectivity index (χ1) is 8.29. The second-order valence-corrected chi connectivity index (χ2v) is 4.79. The lowest BCUT2D eigenvalue weighted by atomic mass is 9.99. The molecular weight excluding hydrogens is 212 g/mol. The van der Waals surface area contributed by atoms with Gasteiger partial charge in [0.05, 0.1) is 7.11 Å². The predicted octanol–water partition coefficient (Wildman–Crippen LogP) is 2.13. The molecule has 1 aromatic rings. The van der Waals surface area contributed by atoms with Crippen LogP contribution >= 0.6 is 0 Å². The predicted molar refractivity (Wildman–Crippen MR) is 71.9 cm³/mol. The van der Waals surface area contributed by atoms with E-state index < -0.39 is 0 Å². The van der Waals surface area contributed by atoms with Crippen LogP contribution in [0.25, 0.3) is 0 Å². The zero-order valence-electron chi connectivity index (χ0n) is 10.8. The van der Waals surface area contributed by atoms with E-state index in [0.29, 0.717) is 0 Å². The molecule has 1 aliphatic rings. The highest BCUT2D eigenvalue weighted by Crippen LogP contribution is 2.20. The molecule has 3 heteroatoms. The van der Waals surface area contributed by atoms with E-state index >= 15 is 0 Å². The van der Waals surface area contributed by atoms with Gasteiger partial charge in [-0.2, -0.15) is 0 Å². The minimum atomic E-state index is 0.774. The highest BCUT2D eigenvalue weighted by molar-refractivity contribution is 5.48. The second kappa shape index (κ2) is 5.92. The average molecular weight is 234 g/mol. The van der Waals surface area contributed by atoms with Gasteiger partial charge in [0.1, 0.15) is 5.75 Å². The van der Waals surface area contributed by atoms with E-state index in [2.05, 4.69) is 29.4 Å². The van der Waals surface area contributed by atoms with Gasteiger partial charge < -0.3 is 15.0 Å². The third-order valence-corrected chi connectivity index (χ3v) is 3.44. The highest BCUT2D eigenvalue weighted by atomic mass is 16.5. The minimum absolute atomic E-state index is 0.774. The van der Waals surface area contributed by atoms with Crippen molar-refractivity contribution in [2.45, 2.75) is 12.8 Å². The molecule has 1 unspecified atom stereocenters. The van der Waals surface area contributed by atoms with Crippen molar-refractivity contribution in [3.05, 3.63) is 24.3 Å². The average Bonchev–Trinajstić information content (AvgIpc) is 2.40. The largest absolute Gasteiger partial charge is 0.497 e. The Bertz CT molecular complexity index is 331. The molecule has 1 atom stereocenters. The molecule has 0 radical (unpaired) electrons. The number of hydrogen-bond donors (Lipinski definition) is 1. The Kier molecular flexibility index (Phi) is 4.26. The number of benzene rings is 1. The number of piperidine rings is 1. The quantitative estimate of drug-likeness (QED) is 0.863. The van der Waals surface area contributed by atoms with Crippen LogP contribution in [0.15, 0.2) is 24.3 Å². The molecule has 1 fully saturated rings. The van der Waals surface area contributed by atoms with Crippen molar-refractivity contribution in [3.63, 3.8) is 0 Å². The van der Waals surface area contributed by atoms with Gasteiger partial charge in [0, 0.05) is 19.3 Å². The van der Waals surface area contributed by atoms with Gasteiger partial charge in [-0.1, -0.05) is 0 Å². The Morgan fingerprint density at radius 3 is 2.71 bits per heavy atom. The Morgan fingerprint density at radius 2 is 2.12 bits per heavy atom. The normalized spacial score (nSPS) is 20.0. The maximum atomic E-state index is 5.17. The summed E-state index contributed by atoms with van der Waals surface area (Å²) < 4.78 is 5.17. The molecule has 1 aromatic carbocycles. The summed E-state index contributed by atoms with van der Waals surface area (Å²) in [6.45, 7) is 3.46. The van der Waals surface area contributed by atoms with Crippen LogP contribution in [0.3, 0.4) is 0 Å². The molecule has 3 nitrogen and oxygen atoms in total. The summed E-state index contributed by atoms with van der Waals surface area (Å²) in [4.78, 5) is 2.33. The Labute approximate surface area is 104 Å². The molecule has 0 bridgehead atoms. The lowest BCUT2D eigenvalue weighted by Gasteiger charge is -2.29. The summed E-state index contributed by atoms with van der Waals surface area (Å²) >= 11 is 0. The number of anilines is 1. The molecular formula is C14H22N2O. The summed E-state index contributed by atoms with van der Waals surface area (Å²) in [5.74, 6) is 1.69. The van der Waals surface area contributed by atoms with Gasteiger partial charge >= 0.3 is 0 Å². The van der Waals surface area contributed by atoms with E-state index in [9.17, 15) is 0 Å². The van der Waals surface area contributed by atoms with Gasteiger partial charge in [0.25, 0.3) is 0 Å². The highest BCUT2D eigenvalue weighted by Gasteiger charge is 2.15. The first-order valence-electron chi connectivity index (χ1n) is 6.35. The van der Waals surface area contributed by atoms with E-state index in [4.69, 9.17) is 4.74 Å². The molecule has 0 spiro atoms. The van der Waals surface area contributed by atoms with Crippen LogP contribution in [0.1, 0.15) is 12.8 Å². The molecule has 1 heterocycles. The number of nitrogens with one attached hydrogen (secondary N) is 1. The van der Waals surface area contributed by atoms with E-state index in [-0.39, 0.29) is 0 Å². The molecule has 1 saturated heterocycles. The fraction of sp³-hybridized carbons (Fsp3) is 0.571. The minimum Gasteiger partial charge on any atom is -0.497 e. The van der Waals surface area contributed by atoms with Crippen molar-refractivity contribution in [1.82, 2.24) is 5.32 Å². The lowest BCUT2D eigenvalue weighted by molar-refractivity contribution is 0.381. The van der Waals surface area contributed by atoms with Gasteiger partial charge in [0.2, 0.25) is 0 Å². The van der Waals surface area contributed by atoms with Crippen LogP contribution in [0, 0.1) is 5.92 Å². The standard InChI is InChI=1S/C14H22N2O/c1-16(11-12-4-3-9-15-10-12)13-5-7-14(17-2)8-6-13/h5-8,12,15H,3-4,9-11H2,1-2H3. The van der Waals surface area contributed by atoms with E-state index in [0.717, 1.165) is 24.8 Å². The lowest BCUT2D eigenvalue weighted by Crippen LogP contribution is -2.36. The number of methoxy groups -OCH3 is 1. The summed E-state index contributed by atoms with van der Waals surface area (Å²) in [5, 5.41) is 3.46. The van der Waals surface area contributed by atoms with E-state index in [1.54, 1.807) is 7.11 Å². The molecule has 1 aliphatic heterocycles. The van der Waals surface area contributed by atoms with Crippen molar-refractivity contribution < 1.29 is 4.74 Å². The maximum absolute atomic E-state index is 5.17. The third kappa shape index (κ3) is 3.37. The maximum Gasteiger partial charge on any atom is 0.119 e. The first-order valence-corrected chi connectivity index (χ1v) is 6.35. The Morgan fingerprint density at radius 1 is 1.35 bits per heavy atom. The SMILES string of the molecule is COc1ccc(N(C)CC2CCCNC2)cc1. The fourth-order valence-electron chi connectivity index (χ4n) is 2.41.